The van der Waals surface area contributed by atoms with Gasteiger partial charge in [0.15, 0.2) is 5.41 Å². The Kier molecular flexibility index (Phi) is 3.46. The van der Waals surface area contributed by atoms with Gasteiger partial charge in [0.05, 0.1) is 7.11 Å². The Bertz CT molecular complexity index is 510. The lowest BCUT2D eigenvalue weighted by atomic mass is 9.77. The number of carbonyl (C=O) groups excluding carboxylic acids is 2. The number of benzene rings is 1. The Morgan fingerprint density at radius 3 is 1.95 bits per heavy atom. The molecular formula is C15H18O5. The lowest BCUT2D eigenvalue weighted by Gasteiger charge is -2.40. The van der Waals surface area contributed by atoms with Crippen molar-refractivity contribution in [1.29, 1.82) is 0 Å². The molecule has 1 aliphatic heterocycles. The van der Waals surface area contributed by atoms with Crippen LogP contribution in [0.15, 0.2) is 24.3 Å². The summed E-state index contributed by atoms with van der Waals surface area (Å²) in [5.41, 5.74) is -0.854. The predicted molar refractivity (Wildman–Crippen MR) is 71.2 cm³/mol. The second-order valence-corrected chi connectivity index (χ2v) is 5.17. The highest BCUT2D eigenvalue weighted by Gasteiger charge is 2.56. The number of carbonyl (C=O) groups is 2. The van der Waals surface area contributed by atoms with Crippen LogP contribution in [0.2, 0.25) is 0 Å². The number of esters is 2. The lowest BCUT2D eigenvalue weighted by molar-refractivity contribution is -0.243. The van der Waals surface area contributed by atoms with E-state index in [1.165, 1.54) is 13.8 Å². The van der Waals surface area contributed by atoms with Gasteiger partial charge in [0, 0.05) is 13.8 Å². The highest BCUT2D eigenvalue weighted by atomic mass is 16.7. The van der Waals surface area contributed by atoms with Crippen molar-refractivity contribution in [2.24, 2.45) is 0 Å². The molecule has 108 valence electrons. The maximum atomic E-state index is 12.4. The van der Waals surface area contributed by atoms with Gasteiger partial charge in [0.2, 0.25) is 0 Å². The summed E-state index contributed by atoms with van der Waals surface area (Å²) in [5, 5.41) is 0. The molecule has 1 saturated heterocycles. The largest absolute Gasteiger partial charge is 0.497 e. The van der Waals surface area contributed by atoms with Crippen molar-refractivity contribution in [2.75, 3.05) is 7.11 Å². The van der Waals surface area contributed by atoms with Crippen LogP contribution in [0.1, 0.15) is 32.8 Å². The molecule has 0 unspecified atom stereocenters. The first-order valence-electron chi connectivity index (χ1n) is 6.47. The Hall–Kier alpha value is -2.04. The van der Waals surface area contributed by atoms with Crippen molar-refractivity contribution >= 4 is 11.9 Å². The standard InChI is InChI=1S/C15H18O5/c1-5-15(10-6-8-11(18-4)9-7-10)12(16)19-14(2,3)20-13(15)17/h6-9H,5H2,1-4H3. The Labute approximate surface area is 117 Å². The molecule has 1 aliphatic rings. The van der Waals surface area contributed by atoms with Gasteiger partial charge >= 0.3 is 11.9 Å². The zero-order valence-electron chi connectivity index (χ0n) is 12.1. The van der Waals surface area contributed by atoms with Crippen LogP contribution in [0.5, 0.6) is 5.75 Å². The number of cyclic esters (lactones) is 2. The number of rotatable bonds is 3. The van der Waals surface area contributed by atoms with E-state index in [1.807, 2.05) is 0 Å². The van der Waals surface area contributed by atoms with Gasteiger partial charge in [-0.25, -0.2) is 0 Å². The van der Waals surface area contributed by atoms with E-state index in [9.17, 15) is 9.59 Å². The topological polar surface area (TPSA) is 61.8 Å². The van der Waals surface area contributed by atoms with Crippen LogP contribution in [0.3, 0.4) is 0 Å². The van der Waals surface area contributed by atoms with E-state index < -0.39 is 23.1 Å². The maximum Gasteiger partial charge on any atom is 0.331 e. The van der Waals surface area contributed by atoms with Crippen LogP contribution in [-0.2, 0) is 24.5 Å². The molecule has 0 atom stereocenters. The number of hydrogen-bond donors (Lipinski definition) is 0. The fourth-order valence-electron chi connectivity index (χ4n) is 2.33. The molecule has 0 aliphatic carbocycles. The molecule has 0 bridgehead atoms. The van der Waals surface area contributed by atoms with E-state index >= 15 is 0 Å². The van der Waals surface area contributed by atoms with Crippen LogP contribution in [0, 0.1) is 0 Å². The van der Waals surface area contributed by atoms with Gasteiger partial charge in [-0.2, -0.15) is 0 Å². The molecule has 2 rings (SSSR count). The third-order valence-electron chi connectivity index (χ3n) is 3.49. The highest BCUT2D eigenvalue weighted by molar-refractivity contribution is 6.07. The summed E-state index contributed by atoms with van der Waals surface area (Å²) in [5.74, 6) is -1.73. The highest BCUT2D eigenvalue weighted by Crippen LogP contribution is 2.38. The molecule has 1 fully saturated rings. The lowest BCUT2D eigenvalue weighted by Crippen LogP contribution is -2.56. The minimum absolute atomic E-state index is 0.271. The summed E-state index contributed by atoms with van der Waals surface area (Å²) in [6.07, 6.45) is 0.271. The number of ether oxygens (including phenoxy) is 3. The smallest absolute Gasteiger partial charge is 0.331 e. The fourth-order valence-corrected chi connectivity index (χ4v) is 2.33. The predicted octanol–water partition coefficient (Wildman–Crippen LogP) is 2.18. The van der Waals surface area contributed by atoms with Gasteiger partial charge < -0.3 is 14.2 Å². The first kappa shape index (κ1) is 14.4. The molecule has 1 heterocycles. The summed E-state index contributed by atoms with van der Waals surface area (Å²) in [7, 11) is 1.55. The van der Waals surface area contributed by atoms with Gasteiger partial charge in [0.1, 0.15) is 5.75 Å². The Balaban J connectivity index is 2.47. The zero-order valence-corrected chi connectivity index (χ0v) is 12.1. The van der Waals surface area contributed by atoms with Gasteiger partial charge in [-0.15, -0.1) is 0 Å². The van der Waals surface area contributed by atoms with Gasteiger partial charge in [-0.3, -0.25) is 9.59 Å². The van der Waals surface area contributed by atoms with E-state index in [2.05, 4.69) is 0 Å². The molecule has 20 heavy (non-hydrogen) atoms. The molecule has 0 saturated carbocycles. The molecule has 1 aromatic rings. The van der Waals surface area contributed by atoms with Gasteiger partial charge in [-0.05, 0) is 24.1 Å². The average molecular weight is 278 g/mol. The van der Waals surface area contributed by atoms with Crippen LogP contribution >= 0.6 is 0 Å². The molecule has 0 amide bonds. The molecule has 0 N–H and O–H groups in total. The second-order valence-electron chi connectivity index (χ2n) is 5.17. The summed E-state index contributed by atoms with van der Waals surface area (Å²) in [4.78, 5) is 24.7. The summed E-state index contributed by atoms with van der Waals surface area (Å²) < 4.78 is 15.6. The molecule has 0 spiro atoms. The summed E-state index contributed by atoms with van der Waals surface area (Å²) in [6.45, 7) is 4.83. The van der Waals surface area contributed by atoms with Crippen LogP contribution in [0.25, 0.3) is 0 Å². The van der Waals surface area contributed by atoms with E-state index in [1.54, 1.807) is 38.3 Å². The molecule has 1 aromatic carbocycles. The molecule has 5 nitrogen and oxygen atoms in total. The summed E-state index contributed by atoms with van der Waals surface area (Å²) >= 11 is 0. The normalized spacial score (nSPS) is 20.0. The molecule has 0 radical (unpaired) electrons. The van der Waals surface area contributed by atoms with E-state index in [4.69, 9.17) is 14.2 Å². The third kappa shape index (κ3) is 2.13. The van der Waals surface area contributed by atoms with Crippen molar-refractivity contribution in [3.63, 3.8) is 0 Å². The first-order chi connectivity index (χ1) is 9.35. The van der Waals surface area contributed by atoms with Gasteiger partial charge in [-0.1, -0.05) is 19.1 Å². The SMILES string of the molecule is CCC1(c2ccc(OC)cc2)C(=O)OC(C)(C)OC1=O. The maximum absolute atomic E-state index is 12.4. The van der Waals surface area contributed by atoms with Crippen LogP contribution in [-0.4, -0.2) is 24.8 Å². The Morgan fingerprint density at radius 1 is 1.05 bits per heavy atom. The van der Waals surface area contributed by atoms with Crippen molar-refractivity contribution in [3.05, 3.63) is 29.8 Å². The monoisotopic (exact) mass is 278 g/mol. The first-order valence-corrected chi connectivity index (χ1v) is 6.47. The average Bonchev–Trinajstić information content (AvgIpc) is 2.38. The zero-order chi connectivity index (χ0) is 15.0. The van der Waals surface area contributed by atoms with Crippen molar-refractivity contribution < 1.29 is 23.8 Å². The molecule has 5 heteroatoms. The number of methoxy groups -OCH3 is 1. The fraction of sp³-hybridized carbons (Fsp3) is 0.467. The minimum atomic E-state index is -1.40. The van der Waals surface area contributed by atoms with E-state index in [-0.39, 0.29) is 6.42 Å². The second kappa shape index (κ2) is 4.81. The minimum Gasteiger partial charge on any atom is -0.497 e. The quantitative estimate of drug-likeness (QED) is 0.626. The Morgan fingerprint density at radius 2 is 1.55 bits per heavy atom. The number of hydrogen-bond acceptors (Lipinski definition) is 5. The van der Waals surface area contributed by atoms with E-state index in [0.29, 0.717) is 11.3 Å². The van der Waals surface area contributed by atoms with E-state index in [0.717, 1.165) is 0 Å². The van der Waals surface area contributed by atoms with Crippen molar-refractivity contribution in [2.45, 2.75) is 38.4 Å². The molecular weight excluding hydrogens is 260 g/mol. The van der Waals surface area contributed by atoms with Crippen molar-refractivity contribution in [1.82, 2.24) is 0 Å². The third-order valence-corrected chi connectivity index (χ3v) is 3.49. The van der Waals surface area contributed by atoms with Crippen LogP contribution in [0.4, 0.5) is 0 Å². The summed E-state index contributed by atoms with van der Waals surface area (Å²) in [6, 6.07) is 6.77. The van der Waals surface area contributed by atoms with Crippen molar-refractivity contribution in [3.8, 4) is 5.75 Å². The van der Waals surface area contributed by atoms with Crippen LogP contribution < -0.4 is 4.74 Å². The molecule has 0 aromatic heterocycles. The van der Waals surface area contributed by atoms with Gasteiger partial charge in [0.25, 0.3) is 5.79 Å².